The van der Waals surface area contributed by atoms with Gasteiger partial charge in [0.2, 0.25) is 0 Å². The first-order valence-electron chi connectivity index (χ1n) is 5.77. The lowest BCUT2D eigenvalue weighted by atomic mass is 10.1. The minimum Gasteiger partial charge on any atom is -0.398 e. The van der Waals surface area contributed by atoms with Crippen LogP contribution in [0.15, 0.2) is 24.3 Å². The van der Waals surface area contributed by atoms with E-state index in [9.17, 15) is 0 Å². The van der Waals surface area contributed by atoms with Crippen molar-refractivity contribution in [1.82, 2.24) is 0 Å². The summed E-state index contributed by atoms with van der Waals surface area (Å²) in [6.45, 7) is 0. The molecule has 2 N–H and O–H groups in total. The smallest absolute Gasteiger partial charge is 0.0355 e. The van der Waals surface area contributed by atoms with Gasteiger partial charge in [-0.2, -0.15) is 11.8 Å². The van der Waals surface area contributed by atoms with Crippen molar-refractivity contribution in [2.24, 2.45) is 5.92 Å². The first-order valence-corrected chi connectivity index (χ1v) is 6.93. The predicted molar refractivity (Wildman–Crippen MR) is 69.0 cm³/mol. The molecular weight excluding hydrogens is 202 g/mol. The molecule has 0 bridgehead atoms. The molecule has 1 aliphatic carbocycles. The van der Waals surface area contributed by atoms with E-state index in [0.29, 0.717) is 0 Å². The number of para-hydroxylation sites is 1. The van der Waals surface area contributed by atoms with E-state index >= 15 is 0 Å². The summed E-state index contributed by atoms with van der Waals surface area (Å²) >= 11 is 2.04. The molecule has 0 aliphatic heterocycles. The van der Waals surface area contributed by atoms with E-state index in [1.807, 2.05) is 23.9 Å². The van der Waals surface area contributed by atoms with Gasteiger partial charge in [0, 0.05) is 11.4 Å². The zero-order valence-electron chi connectivity index (χ0n) is 9.11. The van der Waals surface area contributed by atoms with Crippen LogP contribution in [-0.2, 0) is 5.75 Å². The highest BCUT2D eigenvalue weighted by Crippen LogP contribution is 2.29. The Kier molecular flexibility index (Phi) is 3.95. The largest absolute Gasteiger partial charge is 0.398 e. The fourth-order valence-electron chi connectivity index (χ4n) is 2.18. The first kappa shape index (κ1) is 10.9. The third-order valence-corrected chi connectivity index (χ3v) is 4.36. The lowest BCUT2D eigenvalue weighted by Crippen LogP contribution is -1.98. The molecule has 1 aliphatic rings. The summed E-state index contributed by atoms with van der Waals surface area (Å²) in [6, 6.07) is 8.20. The van der Waals surface area contributed by atoms with Gasteiger partial charge in [-0.15, -0.1) is 0 Å². The van der Waals surface area contributed by atoms with Gasteiger partial charge in [-0.3, -0.25) is 0 Å². The third kappa shape index (κ3) is 3.16. The highest BCUT2D eigenvalue weighted by atomic mass is 32.2. The van der Waals surface area contributed by atoms with Crippen LogP contribution in [0.2, 0.25) is 0 Å². The van der Waals surface area contributed by atoms with E-state index in [1.165, 1.54) is 37.0 Å². The van der Waals surface area contributed by atoms with Gasteiger partial charge in [0.05, 0.1) is 0 Å². The maximum atomic E-state index is 5.90. The minimum absolute atomic E-state index is 0.941. The Morgan fingerprint density at radius 3 is 2.67 bits per heavy atom. The van der Waals surface area contributed by atoms with Crippen LogP contribution in [-0.4, -0.2) is 5.75 Å². The number of nitrogens with two attached hydrogens (primary N) is 1. The van der Waals surface area contributed by atoms with Crippen LogP contribution < -0.4 is 5.73 Å². The molecule has 0 saturated heterocycles. The molecule has 0 heterocycles. The normalized spacial score (nSPS) is 17.1. The molecule has 0 radical (unpaired) electrons. The number of hydrogen-bond donors (Lipinski definition) is 1. The molecule has 2 heteroatoms. The van der Waals surface area contributed by atoms with E-state index in [0.717, 1.165) is 17.4 Å². The summed E-state index contributed by atoms with van der Waals surface area (Å²) in [5, 5.41) is 0. The molecule has 15 heavy (non-hydrogen) atoms. The van der Waals surface area contributed by atoms with Gasteiger partial charge < -0.3 is 5.73 Å². The Morgan fingerprint density at radius 2 is 1.93 bits per heavy atom. The molecule has 2 rings (SSSR count). The number of benzene rings is 1. The summed E-state index contributed by atoms with van der Waals surface area (Å²) in [7, 11) is 0. The summed E-state index contributed by atoms with van der Waals surface area (Å²) in [4.78, 5) is 0. The predicted octanol–water partition coefficient (Wildman–Crippen LogP) is 3.69. The van der Waals surface area contributed by atoms with E-state index < -0.39 is 0 Å². The SMILES string of the molecule is Nc1ccccc1CSCC1CCCC1. The summed E-state index contributed by atoms with van der Waals surface area (Å²) < 4.78 is 0. The van der Waals surface area contributed by atoms with E-state index in [-0.39, 0.29) is 0 Å². The van der Waals surface area contributed by atoms with Gasteiger partial charge in [-0.05, 0) is 36.1 Å². The monoisotopic (exact) mass is 221 g/mol. The quantitative estimate of drug-likeness (QED) is 0.785. The van der Waals surface area contributed by atoms with Crippen LogP contribution in [0.4, 0.5) is 5.69 Å². The minimum atomic E-state index is 0.941. The van der Waals surface area contributed by atoms with Crippen molar-refractivity contribution < 1.29 is 0 Å². The fraction of sp³-hybridized carbons (Fsp3) is 0.538. The highest BCUT2D eigenvalue weighted by molar-refractivity contribution is 7.98. The molecule has 0 spiro atoms. The van der Waals surface area contributed by atoms with Crippen LogP contribution in [0.5, 0.6) is 0 Å². The lowest BCUT2D eigenvalue weighted by Gasteiger charge is -2.09. The van der Waals surface area contributed by atoms with Crippen LogP contribution in [0.3, 0.4) is 0 Å². The highest BCUT2D eigenvalue weighted by Gasteiger charge is 2.14. The molecular formula is C13H19NS. The molecule has 1 saturated carbocycles. The average molecular weight is 221 g/mol. The number of anilines is 1. The van der Waals surface area contributed by atoms with Crippen LogP contribution in [0, 0.1) is 5.92 Å². The van der Waals surface area contributed by atoms with Gasteiger partial charge in [-0.25, -0.2) is 0 Å². The second-order valence-corrected chi connectivity index (χ2v) is 5.39. The van der Waals surface area contributed by atoms with Crippen molar-refractivity contribution in [2.45, 2.75) is 31.4 Å². The molecule has 1 fully saturated rings. The van der Waals surface area contributed by atoms with E-state index in [2.05, 4.69) is 12.1 Å². The molecule has 0 atom stereocenters. The summed E-state index contributed by atoms with van der Waals surface area (Å²) in [5.74, 6) is 3.36. The zero-order valence-corrected chi connectivity index (χ0v) is 9.93. The summed E-state index contributed by atoms with van der Waals surface area (Å²) in [5.41, 5.74) is 8.13. The molecule has 82 valence electrons. The average Bonchev–Trinajstić information content (AvgIpc) is 2.74. The maximum Gasteiger partial charge on any atom is 0.0355 e. The van der Waals surface area contributed by atoms with Crippen molar-refractivity contribution in [3.05, 3.63) is 29.8 Å². The van der Waals surface area contributed by atoms with Gasteiger partial charge >= 0.3 is 0 Å². The van der Waals surface area contributed by atoms with E-state index in [4.69, 9.17) is 5.73 Å². The van der Waals surface area contributed by atoms with Crippen LogP contribution in [0.25, 0.3) is 0 Å². The lowest BCUT2D eigenvalue weighted by molar-refractivity contribution is 0.623. The third-order valence-electron chi connectivity index (χ3n) is 3.14. The Bertz CT molecular complexity index is 305. The first-order chi connectivity index (χ1) is 7.36. The molecule has 1 aromatic rings. The van der Waals surface area contributed by atoms with Crippen LogP contribution in [0.1, 0.15) is 31.2 Å². The molecule has 0 unspecified atom stereocenters. The zero-order chi connectivity index (χ0) is 10.5. The van der Waals surface area contributed by atoms with Crippen molar-refractivity contribution in [2.75, 3.05) is 11.5 Å². The standard InChI is InChI=1S/C13H19NS/c14-13-8-4-3-7-12(13)10-15-9-11-5-1-2-6-11/h3-4,7-8,11H,1-2,5-6,9-10,14H2. The number of nitrogen functional groups attached to an aromatic ring is 1. The van der Waals surface area contributed by atoms with Gasteiger partial charge in [-0.1, -0.05) is 31.0 Å². The fourth-order valence-corrected chi connectivity index (χ4v) is 3.45. The number of hydrogen-bond acceptors (Lipinski definition) is 2. The Morgan fingerprint density at radius 1 is 1.20 bits per heavy atom. The van der Waals surface area contributed by atoms with Gasteiger partial charge in [0.25, 0.3) is 0 Å². The topological polar surface area (TPSA) is 26.0 Å². The number of rotatable bonds is 4. The molecule has 1 nitrogen and oxygen atoms in total. The Labute approximate surface area is 96.4 Å². The van der Waals surface area contributed by atoms with Crippen molar-refractivity contribution in [1.29, 1.82) is 0 Å². The van der Waals surface area contributed by atoms with Gasteiger partial charge in [0.1, 0.15) is 0 Å². The Balaban J connectivity index is 1.75. The van der Waals surface area contributed by atoms with Crippen molar-refractivity contribution in [3.8, 4) is 0 Å². The molecule has 0 amide bonds. The van der Waals surface area contributed by atoms with Crippen LogP contribution >= 0.6 is 11.8 Å². The number of thioether (sulfide) groups is 1. The van der Waals surface area contributed by atoms with E-state index in [1.54, 1.807) is 0 Å². The Hall–Kier alpha value is -0.630. The van der Waals surface area contributed by atoms with Crippen molar-refractivity contribution in [3.63, 3.8) is 0 Å². The maximum absolute atomic E-state index is 5.90. The van der Waals surface area contributed by atoms with Crippen molar-refractivity contribution >= 4 is 17.4 Å². The molecule has 1 aromatic carbocycles. The second-order valence-electron chi connectivity index (χ2n) is 4.36. The molecule has 0 aromatic heterocycles. The second kappa shape index (κ2) is 5.45. The summed E-state index contributed by atoms with van der Waals surface area (Å²) in [6.07, 6.45) is 5.77. The van der Waals surface area contributed by atoms with Gasteiger partial charge in [0.15, 0.2) is 0 Å².